The molecule has 0 amide bonds. The number of nitrogens with two attached hydrogens (primary N) is 2. The molecule has 1 saturated heterocycles. The van der Waals surface area contributed by atoms with Crippen LogP contribution in [0.4, 0.5) is 43.8 Å². The summed E-state index contributed by atoms with van der Waals surface area (Å²) < 4.78 is 99.3. The lowest BCUT2D eigenvalue weighted by molar-refractivity contribution is -0.138. The van der Waals surface area contributed by atoms with Crippen LogP contribution in [0.2, 0.25) is 5.02 Å². The highest BCUT2D eigenvalue weighted by Gasteiger charge is 2.51. The Balaban J connectivity index is 1.59. The third-order valence-electron chi connectivity index (χ3n) is 9.05. The Labute approximate surface area is 276 Å². The number of ether oxygens (including phenoxy) is 2. The second-order valence-corrected chi connectivity index (χ2v) is 12.7. The van der Waals surface area contributed by atoms with Crippen molar-refractivity contribution in [2.75, 3.05) is 49.7 Å². The number of aromatic nitrogens is 4. The van der Waals surface area contributed by atoms with Crippen molar-refractivity contribution in [1.82, 2.24) is 24.8 Å². The van der Waals surface area contributed by atoms with Crippen LogP contribution in [0, 0.1) is 12.7 Å². The number of hydrogen-bond donors (Lipinski definition) is 2. The van der Waals surface area contributed by atoms with Crippen molar-refractivity contribution in [2.24, 2.45) is 0 Å². The molecule has 1 fully saturated rings. The summed E-state index contributed by atoms with van der Waals surface area (Å²) in [7, 11) is 1.54. The molecule has 0 spiro atoms. The molecule has 0 unspecified atom stereocenters. The Hall–Kier alpha value is -4.31. The van der Waals surface area contributed by atoms with Crippen molar-refractivity contribution in [2.45, 2.75) is 50.9 Å². The van der Waals surface area contributed by atoms with Crippen LogP contribution < -0.4 is 25.8 Å². The summed E-state index contributed by atoms with van der Waals surface area (Å²) in [6.07, 6.45) is -3.25. The molecule has 2 aliphatic rings. The minimum absolute atomic E-state index is 0.00676. The zero-order valence-corrected chi connectivity index (χ0v) is 27.0. The van der Waals surface area contributed by atoms with E-state index in [2.05, 4.69) is 19.9 Å². The van der Waals surface area contributed by atoms with Crippen LogP contribution >= 0.6 is 11.6 Å². The quantitative estimate of drug-likeness (QED) is 0.218. The first-order valence-electron chi connectivity index (χ1n) is 14.8. The van der Waals surface area contributed by atoms with E-state index in [1.165, 1.54) is 18.1 Å². The van der Waals surface area contributed by atoms with E-state index in [0.717, 1.165) is 6.92 Å². The summed E-state index contributed by atoms with van der Waals surface area (Å²) in [5.41, 5.74) is 8.87. The van der Waals surface area contributed by atoms with Crippen LogP contribution in [0.5, 0.6) is 11.8 Å². The molecule has 2 aliphatic heterocycles. The molecule has 4 N–H and O–H groups in total. The summed E-state index contributed by atoms with van der Waals surface area (Å²) in [6, 6.07) is 2.56. The van der Waals surface area contributed by atoms with Crippen molar-refractivity contribution < 1.29 is 35.8 Å². The Morgan fingerprint density at radius 3 is 2.52 bits per heavy atom. The number of pyridine rings is 2. The number of halogens is 7. The highest BCUT2D eigenvalue weighted by Crippen LogP contribution is 2.51. The summed E-state index contributed by atoms with van der Waals surface area (Å²) >= 11 is 6.79. The summed E-state index contributed by atoms with van der Waals surface area (Å²) in [5.74, 6) is -4.27. The molecule has 3 aromatic heterocycles. The van der Waals surface area contributed by atoms with Crippen LogP contribution in [-0.2, 0) is 6.18 Å². The van der Waals surface area contributed by atoms with Crippen LogP contribution in [-0.4, -0.2) is 69.6 Å². The number of anilines is 3. The van der Waals surface area contributed by atoms with Gasteiger partial charge >= 0.3 is 12.2 Å². The number of hydrogen-bond acceptors (Lipinski definition) is 10. The molecular formula is C31H31ClF6N8O2. The van der Waals surface area contributed by atoms with Gasteiger partial charge in [-0.1, -0.05) is 17.7 Å². The van der Waals surface area contributed by atoms with Gasteiger partial charge in [-0.25, -0.2) is 23.1 Å². The number of alkyl halides is 5. The van der Waals surface area contributed by atoms with Gasteiger partial charge in [0.1, 0.15) is 36.2 Å². The van der Waals surface area contributed by atoms with E-state index in [-0.39, 0.29) is 53.6 Å². The Bertz CT molecular complexity index is 1930. The average Bonchev–Trinajstić information content (AvgIpc) is 3.11. The van der Waals surface area contributed by atoms with Crippen molar-refractivity contribution in [3.8, 4) is 22.9 Å². The van der Waals surface area contributed by atoms with E-state index in [1.807, 2.05) is 6.92 Å². The highest BCUT2D eigenvalue weighted by molar-refractivity contribution is 6.37. The van der Waals surface area contributed by atoms with Crippen LogP contribution in [0.15, 0.2) is 24.5 Å². The molecule has 4 aromatic rings. The van der Waals surface area contributed by atoms with E-state index in [9.17, 15) is 22.0 Å². The molecule has 1 aromatic carbocycles. The maximum Gasteiger partial charge on any atom is 0.418 e. The fourth-order valence-electron chi connectivity index (χ4n) is 6.43. The monoisotopic (exact) mass is 696 g/mol. The van der Waals surface area contributed by atoms with E-state index < -0.39 is 76.1 Å². The van der Waals surface area contributed by atoms with Gasteiger partial charge in [0, 0.05) is 35.5 Å². The molecule has 10 nitrogen and oxygen atoms in total. The van der Waals surface area contributed by atoms with Gasteiger partial charge in [0.2, 0.25) is 0 Å². The molecule has 0 bridgehead atoms. The number of rotatable bonds is 6. The van der Waals surface area contributed by atoms with Gasteiger partial charge < -0.3 is 25.8 Å². The molecule has 2 atom stereocenters. The second-order valence-electron chi connectivity index (χ2n) is 12.3. The van der Waals surface area contributed by atoms with Gasteiger partial charge in [0.15, 0.2) is 11.6 Å². The lowest BCUT2D eigenvalue weighted by Gasteiger charge is -2.32. The van der Waals surface area contributed by atoms with Gasteiger partial charge in [-0.3, -0.25) is 4.90 Å². The first-order chi connectivity index (χ1) is 22.4. The zero-order valence-electron chi connectivity index (χ0n) is 26.2. The first-order valence-corrected chi connectivity index (χ1v) is 15.2. The normalized spacial score (nSPS) is 20.1. The third kappa shape index (κ3) is 5.63. The maximum absolute atomic E-state index is 16.9. The van der Waals surface area contributed by atoms with Crippen LogP contribution in [0.25, 0.3) is 22.0 Å². The van der Waals surface area contributed by atoms with E-state index in [1.54, 1.807) is 24.0 Å². The summed E-state index contributed by atoms with van der Waals surface area (Å²) in [4.78, 5) is 20.0. The SMILES string of the molecule is Cc1c(C(F)(F)F)cnc(N)c1-c1c(Cl)c2c3c(nc(OC[C@@]4(C)CC(F)(F)CN4C)nc3c1F)N([C@H](C)c1cccnc1N)CCO2. The first kappa shape index (κ1) is 33.6. The third-order valence-corrected chi connectivity index (χ3v) is 9.41. The van der Waals surface area contributed by atoms with Gasteiger partial charge in [-0.05, 0) is 39.4 Å². The number of likely N-dealkylation sites (tertiary alicyclic amines) is 1. The maximum atomic E-state index is 16.9. The summed E-state index contributed by atoms with van der Waals surface area (Å²) in [6.45, 7) is 3.90. The molecule has 256 valence electrons. The second kappa shape index (κ2) is 11.7. The van der Waals surface area contributed by atoms with Crippen molar-refractivity contribution >= 4 is 40.0 Å². The molecule has 0 saturated carbocycles. The molecule has 0 aliphatic carbocycles. The van der Waals surface area contributed by atoms with Crippen molar-refractivity contribution in [3.05, 3.63) is 52.1 Å². The predicted molar refractivity (Wildman–Crippen MR) is 168 cm³/mol. The van der Waals surface area contributed by atoms with Crippen molar-refractivity contribution in [1.29, 1.82) is 0 Å². The number of likely N-dealkylation sites (N-methyl/N-ethyl adjacent to an activating group) is 1. The summed E-state index contributed by atoms with van der Waals surface area (Å²) in [5, 5.41) is -0.362. The fourth-order valence-corrected chi connectivity index (χ4v) is 6.76. The molecule has 0 radical (unpaired) electrons. The standard InChI is InChI=1S/C31H31ClF6N8O2/c1-14-17(31(36,37)38)10-42-26(40)18(14)19-21(32)24-20-23(22(19)33)43-28(48-13-29(3)11-30(34,35)12-45(29)4)44-27(20)46(8-9-47-24)15(2)16-6-5-7-41-25(16)39/h5-7,10,15H,8-9,11-13H2,1-4H3,(H2,39,41)(H2,40,42)/t15-,29-/m1/s1. The number of nitrogens with zero attached hydrogens (tertiary/aromatic N) is 6. The zero-order chi connectivity index (χ0) is 34.9. The van der Waals surface area contributed by atoms with Gasteiger partial charge in [0.25, 0.3) is 5.92 Å². The Kier molecular flexibility index (Phi) is 8.18. The largest absolute Gasteiger partial charge is 0.489 e. The van der Waals surface area contributed by atoms with Crippen LogP contribution in [0.1, 0.15) is 43.0 Å². The van der Waals surface area contributed by atoms with Gasteiger partial charge in [-0.2, -0.15) is 23.1 Å². The van der Waals surface area contributed by atoms with E-state index >= 15 is 4.39 Å². The Morgan fingerprint density at radius 1 is 1.15 bits per heavy atom. The van der Waals surface area contributed by atoms with E-state index in [0.29, 0.717) is 11.8 Å². The minimum Gasteiger partial charge on any atom is -0.489 e. The lowest BCUT2D eigenvalue weighted by Crippen LogP contribution is -2.43. The highest BCUT2D eigenvalue weighted by atomic mass is 35.5. The number of nitrogen functional groups attached to an aromatic ring is 2. The van der Waals surface area contributed by atoms with Crippen molar-refractivity contribution in [3.63, 3.8) is 0 Å². The van der Waals surface area contributed by atoms with E-state index in [4.69, 9.17) is 32.5 Å². The Morgan fingerprint density at radius 2 is 1.88 bits per heavy atom. The molecule has 5 heterocycles. The molecule has 17 heteroatoms. The predicted octanol–water partition coefficient (Wildman–Crippen LogP) is 6.44. The molecular weight excluding hydrogens is 666 g/mol. The van der Waals surface area contributed by atoms with Crippen LogP contribution in [0.3, 0.4) is 0 Å². The van der Waals surface area contributed by atoms with Gasteiger partial charge in [0.05, 0.1) is 40.6 Å². The molecule has 6 rings (SSSR count). The van der Waals surface area contributed by atoms with Gasteiger partial charge in [-0.15, -0.1) is 0 Å². The average molecular weight is 697 g/mol. The molecule has 48 heavy (non-hydrogen) atoms. The lowest BCUT2D eigenvalue weighted by atomic mass is 9.95. The fraction of sp³-hybridized carbons (Fsp3) is 0.419. The number of benzene rings is 1. The minimum atomic E-state index is -4.83. The smallest absolute Gasteiger partial charge is 0.418 e. The topological polar surface area (TPSA) is 129 Å².